The Bertz CT molecular complexity index is 647. The standard InChI is InChI=1S/C14H12Br2N2O2/c1-9(10-3-2-4-11(15)7-10)17-14-8-12(18(19)20)5-6-13(14)16/h2-9,17H,1H3. The van der Waals surface area contributed by atoms with Crippen molar-refractivity contribution in [2.75, 3.05) is 5.32 Å². The molecule has 0 saturated carbocycles. The second-order valence-electron chi connectivity index (χ2n) is 4.34. The van der Waals surface area contributed by atoms with Gasteiger partial charge in [-0.3, -0.25) is 10.1 Å². The van der Waals surface area contributed by atoms with Gasteiger partial charge in [0.25, 0.3) is 5.69 Å². The zero-order chi connectivity index (χ0) is 14.7. The van der Waals surface area contributed by atoms with Crippen LogP contribution >= 0.6 is 31.9 Å². The maximum absolute atomic E-state index is 10.8. The smallest absolute Gasteiger partial charge is 0.271 e. The van der Waals surface area contributed by atoms with E-state index in [0.29, 0.717) is 5.69 Å². The Morgan fingerprint density at radius 1 is 1.20 bits per heavy atom. The van der Waals surface area contributed by atoms with Crippen LogP contribution in [0.15, 0.2) is 51.4 Å². The predicted molar refractivity (Wildman–Crippen MR) is 87.0 cm³/mol. The van der Waals surface area contributed by atoms with Gasteiger partial charge in [0.1, 0.15) is 0 Å². The lowest BCUT2D eigenvalue weighted by atomic mass is 10.1. The summed E-state index contributed by atoms with van der Waals surface area (Å²) in [4.78, 5) is 10.4. The summed E-state index contributed by atoms with van der Waals surface area (Å²) in [6.45, 7) is 2.01. The zero-order valence-corrected chi connectivity index (χ0v) is 13.8. The number of nitro groups is 1. The highest BCUT2D eigenvalue weighted by molar-refractivity contribution is 9.10. The van der Waals surface area contributed by atoms with Gasteiger partial charge in [-0.05, 0) is 46.6 Å². The molecule has 0 aliphatic heterocycles. The van der Waals surface area contributed by atoms with Crippen molar-refractivity contribution in [3.8, 4) is 0 Å². The van der Waals surface area contributed by atoms with Crippen molar-refractivity contribution < 1.29 is 4.92 Å². The molecule has 1 N–H and O–H groups in total. The summed E-state index contributed by atoms with van der Waals surface area (Å²) in [5.41, 5.74) is 1.86. The lowest BCUT2D eigenvalue weighted by Gasteiger charge is -2.17. The second-order valence-corrected chi connectivity index (χ2v) is 6.11. The highest BCUT2D eigenvalue weighted by atomic mass is 79.9. The number of rotatable bonds is 4. The molecule has 1 atom stereocenters. The molecule has 0 saturated heterocycles. The van der Waals surface area contributed by atoms with Crippen LogP contribution in [0.25, 0.3) is 0 Å². The first-order valence-corrected chi connectivity index (χ1v) is 7.52. The summed E-state index contributed by atoms with van der Waals surface area (Å²) in [6.07, 6.45) is 0. The van der Waals surface area contributed by atoms with Crippen molar-refractivity contribution in [2.45, 2.75) is 13.0 Å². The Morgan fingerprint density at radius 2 is 1.95 bits per heavy atom. The number of halogens is 2. The summed E-state index contributed by atoms with van der Waals surface area (Å²) in [5.74, 6) is 0. The summed E-state index contributed by atoms with van der Waals surface area (Å²) < 4.78 is 1.80. The van der Waals surface area contributed by atoms with Gasteiger partial charge in [0.15, 0.2) is 0 Å². The van der Waals surface area contributed by atoms with Gasteiger partial charge in [-0.15, -0.1) is 0 Å². The van der Waals surface area contributed by atoms with Crippen LogP contribution in [0.1, 0.15) is 18.5 Å². The summed E-state index contributed by atoms with van der Waals surface area (Å²) in [7, 11) is 0. The number of nitrogens with zero attached hydrogens (tertiary/aromatic N) is 1. The van der Waals surface area contributed by atoms with E-state index in [1.54, 1.807) is 6.07 Å². The van der Waals surface area contributed by atoms with E-state index in [4.69, 9.17) is 0 Å². The van der Waals surface area contributed by atoms with Crippen molar-refractivity contribution in [2.24, 2.45) is 0 Å². The third-order valence-corrected chi connectivity index (χ3v) is 4.07. The van der Waals surface area contributed by atoms with E-state index in [9.17, 15) is 10.1 Å². The molecule has 4 nitrogen and oxygen atoms in total. The van der Waals surface area contributed by atoms with E-state index in [-0.39, 0.29) is 11.7 Å². The first kappa shape index (κ1) is 15.0. The van der Waals surface area contributed by atoms with Crippen LogP contribution in [-0.4, -0.2) is 4.92 Å². The summed E-state index contributed by atoms with van der Waals surface area (Å²) >= 11 is 6.84. The van der Waals surface area contributed by atoms with E-state index < -0.39 is 4.92 Å². The number of hydrogen-bond donors (Lipinski definition) is 1. The maximum Gasteiger partial charge on any atom is 0.271 e. The first-order valence-electron chi connectivity index (χ1n) is 5.93. The molecule has 2 rings (SSSR count). The third-order valence-electron chi connectivity index (χ3n) is 2.88. The van der Waals surface area contributed by atoms with Crippen LogP contribution < -0.4 is 5.32 Å². The Kier molecular flexibility index (Phi) is 4.77. The van der Waals surface area contributed by atoms with Crippen LogP contribution in [0.3, 0.4) is 0 Å². The monoisotopic (exact) mass is 398 g/mol. The summed E-state index contributed by atoms with van der Waals surface area (Å²) in [5, 5.41) is 14.1. The molecule has 2 aromatic rings. The van der Waals surface area contributed by atoms with Crippen LogP contribution in [-0.2, 0) is 0 Å². The van der Waals surface area contributed by atoms with Gasteiger partial charge in [-0.25, -0.2) is 0 Å². The lowest BCUT2D eigenvalue weighted by molar-refractivity contribution is -0.384. The number of non-ortho nitro benzene ring substituents is 1. The molecule has 0 radical (unpaired) electrons. The molecular formula is C14H12Br2N2O2. The Balaban J connectivity index is 2.25. The SMILES string of the molecule is CC(Nc1cc([N+](=O)[O-])ccc1Br)c1cccc(Br)c1. The number of nitro benzene ring substituents is 1. The van der Waals surface area contributed by atoms with Crippen molar-refractivity contribution in [1.82, 2.24) is 0 Å². The molecule has 0 heterocycles. The van der Waals surface area contributed by atoms with Crippen LogP contribution in [0.4, 0.5) is 11.4 Å². The lowest BCUT2D eigenvalue weighted by Crippen LogP contribution is -2.07. The van der Waals surface area contributed by atoms with Gasteiger partial charge in [-0.1, -0.05) is 28.1 Å². The number of nitrogens with one attached hydrogen (secondary N) is 1. The van der Waals surface area contributed by atoms with Gasteiger partial charge in [0.05, 0.1) is 10.6 Å². The highest BCUT2D eigenvalue weighted by Crippen LogP contribution is 2.30. The molecule has 0 fully saturated rings. The molecule has 0 aliphatic rings. The fraction of sp³-hybridized carbons (Fsp3) is 0.143. The molecule has 0 spiro atoms. The van der Waals surface area contributed by atoms with Crippen LogP contribution in [0.5, 0.6) is 0 Å². The third kappa shape index (κ3) is 3.58. The normalized spacial score (nSPS) is 11.9. The molecule has 2 aromatic carbocycles. The molecule has 0 aliphatic carbocycles. The van der Waals surface area contributed by atoms with Crippen molar-refractivity contribution in [3.05, 3.63) is 67.1 Å². The fourth-order valence-corrected chi connectivity index (χ4v) is 2.61. The van der Waals surface area contributed by atoms with Gasteiger partial charge in [0, 0.05) is 27.1 Å². The Hall–Kier alpha value is -1.40. The van der Waals surface area contributed by atoms with E-state index in [0.717, 1.165) is 14.5 Å². The van der Waals surface area contributed by atoms with E-state index in [2.05, 4.69) is 37.2 Å². The molecule has 0 bridgehead atoms. The minimum atomic E-state index is -0.401. The largest absolute Gasteiger partial charge is 0.377 e. The first-order chi connectivity index (χ1) is 9.47. The van der Waals surface area contributed by atoms with Crippen LogP contribution in [0, 0.1) is 10.1 Å². The van der Waals surface area contributed by atoms with E-state index >= 15 is 0 Å². The second kappa shape index (κ2) is 6.37. The van der Waals surface area contributed by atoms with Crippen molar-refractivity contribution >= 4 is 43.2 Å². The van der Waals surface area contributed by atoms with Crippen molar-refractivity contribution in [1.29, 1.82) is 0 Å². The topological polar surface area (TPSA) is 55.2 Å². The number of hydrogen-bond acceptors (Lipinski definition) is 3. The number of benzene rings is 2. The molecule has 6 heteroatoms. The summed E-state index contributed by atoms with van der Waals surface area (Å²) in [6, 6.07) is 12.6. The van der Waals surface area contributed by atoms with Gasteiger partial charge >= 0.3 is 0 Å². The highest BCUT2D eigenvalue weighted by Gasteiger charge is 2.12. The molecule has 1 unspecified atom stereocenters. The Morgan fingerprint density at radius 3 is 2.60 bits per heavy atom. The zero-order valence-electron chi connectivity index (χ0n) is 10.6. The average Bonchev–Trinajstić information content (AvgIpc) is 2.41. The molecule has 104 valence electrons. The molecule has 0 aromatic heterocycles. The van der Waals surface area contributed by atoms with Crippen molar-refractivity contribution in [3.63, 3.8) is 0 Å². The Labute approximate surface area is 133 Å². The predicted octanol–water partition coefficient (Wildman–Crippen LogP) is 5.29. The minimum absolute atomic E-state index is 0.0332. The van der Waals surface area contributed by atoms with Crippen LogP contribution in [0.2, 0.25) is 0 Å². The van der Waals surface area contributed by atoms with Gasteiger partial charge in [0.2, 0.25) is 0 Å². The maximum atomic E-state index is 10.8. The molecule has 20 heavy (non-hydrogen) atoms. The quantitative estimate of drug-likeness (QED) is 0.561. The molecule has 0 amide bonds. The fourth-order valence-electron chi connectivity index (χ4n) is 1.83. The minimum Gasteiger partial charge on any atom is -0.377 e. The van der Waals surface area contributed by atoms with Gasteiger partial charge < -0.3 is 5.32 Å². The van der Waals surface area contributed by atoms with E-state index in [1.165, 1.54) is 12.1 Å². The average molecular weight is 400 g/mol. The molecular weight excluding hydrogens is 388 g/mol. The number of anilines is 1. The van der Waals surface area contributed by atoms with Gasteiger partial charge in [-0.2, -0.15) is 0 Å². The van der Waals surface area contributed by atoms with E-state index in [1.807, 2.05) is 31.2 Å².